The number of benzene rings is 4. The van der Waals surface area contributed by atoms with Gasteiger partial charge in [0.1, 0.15) is 24.8 Å². The largest absolute Gasteiger partial charge is 0.486 e. The Morgan fingerprint density at radius 3 is 1.57 bits per heavy atom. The van der Waals surface area contributed by atoms with E-state index in [0.717, 1.165) is 35.7 Å². The van der Waals surface area contributed by atoms with Crippen LogP contribution >= 0.6 is 34.8 Å². The summed E-state index contributed by atoms with van der Waals surface area (Å²) in [5.41, 5.74) is 9.53. The molecular formula is C46H37Cl3F6N12O2. The lowest BCUT2D eigenvalue weighted by molar-refractivity contribution is 0.264. The van der Waals surface area contributed by atoms with Crippen LogP contribution in [0.4, 0.5) is 55.3 Å². The maximum atomic E-state index is 14.7. The second-order valence-electron chi connectivity index (χ2n) is 15.5. The number of nitrogens with one attached hydrogen (secondary N) is 1. The third-order valence-electron chi connectivity index (χ3n) is 10.8. The molecule has 2 atom stereocenters. The first-order valence-electron chi connectivity index (χ1n) is 20.5. The van der Waals surface area contributed by atoms with E-state index in [9.17, 15) is 26.3 Å². The number of nitrogens with zero attached hydrogens (tertiary/aromatic N) is 10. The summed E-state index contributed by atoms with van der Waals surface area (Å²) in [5, 5.41) is 3.25. The molecule has 0 aliphatic carbocycles. The van der Waals surface area contributed by atoms with Crippen molar-refractivity contribution in [3.8, 4) is 22.9 Å². The van der Waals surface area contributed by atoms with Crippen molar-refractivity contribution in [3.63, 3.8) is 0 Å². The van der Waals surface area contributed by atoms with E-state index >= 15 is 0 Å². The summed E-state index contributed by atoms with van der Waals surface area (Å²) in [4.78, 5) is 28.2. The standard InChI is InChI=1S/C23H18ClF3N6O.C13H9Cl2F2N3O.C10H10FN3/c1-12-9-33(11-29-12)19-4-3-13(5-18(19)27)30-23-28-8-21-22(31-23)32(2)20(10-34-21)14-6-16(25)17(26)7-15(14)24;1-20-10(6-2-8(16)9(17)3-7(6)14)5-21-11-4-18-13(15)19-12(11)20;1-7-5-14(6-13-7)10-3-2-8(12)4-9(10)11/h3-9,11,20H,10H2,1-2H3,(H,28,30,31);2-4,10H,5H2,1H3;2-6H,12H2,1H3. The van der Waals surface area contributed by atoms with Crippen molar-refractivity contribution in [2.75, 3.05) is 48.2 Å². The number of likely N-dealkylation sites (N-methyl/N-ethyl adjacent to an activating group) is 2. The maximum Gasteiger partial charge on any atom is 0.229 e. The maximum absolute atomic E-state index is 14.7. The molecule has 2 aliphatic rings. The number of nitrogens with two attached hydrogens (primary N) is 1. The molecule has 6 heterocycles. The van der Waals surface area contributed by atoms with Gasteiger partial charge in [-0.2, -0.15) is 9.97 Å². The lowest BCUT2D eigenvalue weighted by Gasteiger charge is -2.35. The van der Waals surface area contributed by atoms with Crippen LogP contribution in [0.2, 0.25) is 15.3 Å². The average molecular weight is 1010 g/mol. The van der Waals surface area contributed by atoms with Crippen molar-refractivity contribution in [1.82, 2.24) is 39.0 Å². The highest BCUT2D eigenvalue weighted by molar-refractivity contribution is 6.31. The zero-order valence-electron chi connectivity index (χ0n) is 36.6. The Hall–Kier alpha value is -7.29. The Morgan fingerprint density at radius 2 is 1.07 bits per heavy atom. The number of rotatable bonds is 6. The highest BCUT2D eigenvalue weighted by atomic mass is 35.5. The quantitative estimate of drug-likeness (QED) is 0.0706. The van der Waals surface area contributed by atoms with E-state index in [4.69, 9.17) is 50.0 Å². The first-order valence-corrected chi connectivity index (χ1v) is 21.6. The minimum Gasteiger partial charge on any atom is -0.486 e. The van der Waals surface area contributed by atoms with Gasteiger partial charge in [0, 0.05) is 47.9 Å². The number of aryl methyl sites for hydroxylation is 2. The van der Waals surface area contributed by atoms with Gasteiger partial charge in [0.15, 0.2) is 46.4 Å². The summed E-state index contributed by atoms with van der Waals surface area (Å²) in [6, 6.07) is 12.3. The Bertz CT molecular complexity index is 3200. The zero-order valence-corrected chi connectivity index (χ0v) is 38.8. The highest BCUT2D eigenvalue weighted by Gasteiger charge is 2.32. The molecule has 4 aromatic carbocycles. The minimum atomic E-state index is -1.02. The molecular weight excluding hydrogens is 973 g/mol. The van der Waals surface area contributed by atoms with E-state index in [1.807, 2.05) is 13.8 Å². The fourth-order valence-electron chi connectivity index (χ4n) is 7.27. The molecule has 0 amide bonds. The summed E-state index contributed by atoms with van der Waals surface area (Å²) in [5.74, 6) is -2.80. The summed E-state index contributed by atoms with van der Waals surface area (Å²) < 4.78 is 96.6. The van der Waals surface area contributed by atoms with Crippen molar-refractivity contribution >= 4 is 63.8 Å². The molecule has 2 unspecified atom stereocenters. The normalized spacial score (nSPS) is 14.9. The topological polar surface area (TPSA) is 150 Å². The molecule has 23 heteroatoms. The molecule has 2 aliphatic heterocycles. The first-order chi connectivity index (χ1) is 32.9. The van der Waals surface area contributed by atoms with Gasteiger partial charge < -0.3 is 39.5 Å². The first kappa shape index (κ1) is 48.2. The highest BCUT2D eigenvalue weighted by Crippen LogP contribution is 2.41. The third kappa shape index (κ3) is 10.6. The average Bonchev–Trinajstić information content (AvgIpc) is 3.95. The van der Waals surface area contributed by atoms with Crippen molar-refractivity contribution in [2.45, 2.75) is 25.9 Å². The fourth-order valence-corrected chi connectivity index (χ4v) is 7.95. The fraction of sp³-hybridized carbons (Fsp3) is 0.174. The second kappa shape index (κ2) is 20.1. The monoisotopic (exact) mass is 1010 g/mol. The van der Waals surface area contributed by atoms with Crippen molar-refractivity contribution in [3.05, 3.63) is 171 Å². The van der Waals surface area contributed by atoms with Crippen LogP contribution in [0.25, 0.3) is 11.4 Å². The molecule has 0 fully saturated rings. The van der Waals surface area contributed by atoms with E-state index < -0.39 is 41.2 Å². The number of ether oxygens (including phenoxy) is 2. The number of halogens is 9. The molecule has 69 heavy (non-hydrogen) atoms. The molecule has 3 N–H and O–H groups in total. The van der Waals surface area contributed by atoms with Crippen molar-refractivity contribution < 1.29 is 35.8 Å². The molecule has 14 nitrogen and oxygen atoms in total. The van der Waals surface area contributed by atoms with E-state index in [2.05, 4.69) is 35.2 Å². The third-order valence-corrected chi connectivity index (χ3v) is 11.6. The number of nitrogen functional groups attached to an aromatic ring is 1. The van der Waals surface area contributed by atoms with Gasteiger partial charge in [0.05, 0.1) is 59.9 Å². The lowest BCUT2D eigenvalue weighted by Crippen LogP contribution is -2.34. The van der Waals surface area contributed by atoms with Gasteiger partial charge in [0.2, 0.25) is 11.2 Å². The van der Waals surface area contributed by atoms with E-state index in [-0.39, 0.29) is 40.3 Å². The van der Waals surface area contributed by atoms with Crippen LogP contribution in [-0.2, 0) is 0 Å². The zero-order chi connectivity index (χ0) is 49.3. The molecule has 8 aromatic rings. The van der Waals surface area contributed by atoms with Gasteiger partial charge in [-0.25, -0.2) is 46.3 Å². The molecule has 10 rings (SSSR count). The van der Waals surface area contributed by atoms with Crippen LogP contribution in [0.3, 0.4) is 0 Å². The lowest BCUT2D eigenvalue weighted by atomic mass is 10.0. The summed E-state index contributed by atoms with van der Waals surface area (Å²) in [7, 11) is 3.48. The predicted octanol–water partition coefficient (Wildman–Crippen LogP) is 10.9. The van der Waals surface area contributed by atoms with Crippen molar-refractivity contribution in [2.24, 2.45) is 0 Å². The Labute approximate surface area is 404 Å². The number of hydrogen-bond acceptors (Lipinski definition) is 12. The Morgan fingerprint density at radius 1 is 0.594 bits per heavy atom. The summed E-state index contributed by atoms with van der Waals surface area (Å²) >= 11 is 17.9. The predicted molar refractivity (Wildman–Crippen MR) is 249 cm³/mol. The van der Waals surface area contributed by atoms with E-state index in [0.29, 0.717) is 57.0 Å². The number of aromatic nitrogens is 8. The van der Waals surface area contributed by atoms with Crippen LogP contribution < -0.4 is 30.3 Å². The van der Waals surface area contributed by atoms with E-state index in [1.165, 1.54) is 24.5 Å². The number of fused-ring (bicyclic) bond motifs is 2. The number of hydrogen-bond donors (Lipinski definition) is 2. The van der Waals surface area contributed by atoms with Gasteiger partial charge in [-0.3, -0.25) is 0 Å². The van der Waals surface area contributed by atoms with Crippen molar-refractivity contribution in [1.29, 1.82) is 0 Å². The number of imidazole rings is 2. The van der Waals surface area contributed by atoms with Gasteiger partial charge >= 0.3 is 0 Å². The van der Waals surface area contributed by atoms with Crippen LogP contribution in [0.15, 0.2) is 98.1 Å². The van der Waals surface area contributed by atoms with Gasteiger partial charge in [-0.1, -0.05) is 23.2 Å². The van der Waals surface area contributed by atoms with Crippen LogP contribution in [0.1, 0.15) is 34.6 Å². The summed E-state index contributed by atoms with van der Waals surface area (Å²) in [6.45, 7) is 4.03. The van der Waals surface area contributed by atoms with Gasteiger partial charge in [-0.05, 0) is 97.2 Å². The molecule has 0 saturated heterocycles. The number of anilines is 5. The smallest absolute Gasteiger partial charge is 0.229 e. The Balaban J connectivity index is 0.000000155. The molecule has 0 radical (unpaired) electrons. The van der Waals surface area contributed by atoms with Crippen LogP contribution in [0.5, 0.6) is 11.5 Å². The summed E-state index contributed by atoms with van der Waals surface area (Å²) in [6.07, 6.45) is 9.55. The Kier molecular flexibility index (Phi) is 14.1. The minimum absolute atomic E-state index is 0.0706. The van der Waals surface area contributed by atoms with Crippen LogP contribution in [0, 0.1) is 48.8 Å². The molecule has 0 bridgehead atoms. The van der Waals surface area contributed by atoms with E-state index in [1.54, 1.807) is 82.3 Å². The second-order valence-corrected chi connectivity index (χ2v) is 16.7. The molecule has 0 spiro atoms. The molecule has 4 aromatic heterocycles. The molecule has 356 valence electrons. The van der Waals surface area contributed by atoms with Crippen LogP contribution in [-0.4, -0.2) is 66.3 Å². The van der Waals surface area contributed by atoms with Gasteiger partial charge in [0.25, 0.3) is 0 Å². The van der Waals surface area contributed by atoms with Gasteiger partial charge in [-0.15, -0.1) is 0 Å². The molecule has 0 saturated carbocycles. The SMILES string of the molecule is CN1c2nc(Cl)ncc2OCC1c1cc(F)c(F)cc1Cl.Cc1cn(-c2ccc(N)cc2F)cn1.Cc1cn(-c2ccc(Nc3ncc4c(n3)N(C)C(c3cc(F)c(F)cc3Cl)CO4)cc2F)cn1.